The average molecular weight is 228 g/mol. The summed E-state index contributed by atoms with van der Waals surface area (Å²) in [4.78, 5) is 0. The van der Waals surface area contributed by atoms with Gasteiger partial charge in [0, 0.05) is 12.7 Å². The molecule has 0 radical (unpaired) electrons. The number of hydrogen-bond donors (Lipinski definition) is 1. The molecule has 1 unspecified atom stereocenters. The van der Waals surface area contributed by atoms with Crippen LogP contribution in [0.1, 0.15) is 18.9 Å². The van der Waals surface area contributed by atoms with Crippen LogP contribution in [-0.4, -0.2) is 25.9 Å². The van der Waals surface area contributed by atoms with Gasteiger partial charge in [-0.15, -0.1) is 0 Å². The second-order valence-electron chi connectivity index (χ2n) is 3.64. The van der Waals surface area contributed by atoms with Gasteiger partial charge in [-0.25, -0.2) is 4.39 Å². The molecule has 1 aromatic carbocycles. The van der Waals surface area contributed by atoms with Crippen LogP contribution in [0.3, 0.4) is 0 Å². The van der Waals surface area contributed by atoms with Gasteiger partial charge in [-0.2, -0.15) is 0 Å². The largest absolute Gasteiger partial charge is 0.494 e. The lowest BCUT2D eigenvalue weighted by Gasteiger charge is -2.27. The van der Waals surface area contributed by atoms with Crippen LogP contribution >= 0.6 is 0 Å². The molecule has 0 amide bonds. The van der Waals surface area contributed by atoms with Crippen molar-refractivity contribution < 1.29 is 19.0 Å². The number of rotatable bonds is 5. The summed E-state index contributed by atoms with van der Waals surface area (Å²) in [5.41, 5.74) is -1.11. The van der Waals surface area contributed by atoms with Crippen LogP contribution in [0.15, 0.2) is 18.2 Å². The summed E-state index contributed by atoms with van der Waals surface area (Å²) in [6.45, 7) is 1.82. The minimum Gasteiger partial charge on any atom is -0.494 e. The van der Waals surface area contributed by atoms with Gasteiger partial charge in [0.05, 0.1) is 13.7 Å². The predicted octanol–water partition coefficient (Wildman–Crippen LogP) is 2.08. The van der Waals surface area contributed by atoms with Crippen molar-refractivity contribution in [1.29, 1.82) is 0 Å². The highest BCUT2D eigenvalue weighted by molar-refractivity contribution is 5.34. The van der Waals surface area contributed by atoms with Gasteiger partial charge in [0.25, 0.3) is 0 Å². The SMILES string of the molecule is CCC(O)(COC)c1cccc(OC)c1F. The van der Waals surface area contributed by atoms with Crippen molar-refractivity contribution in [2.24, 2.45) is 0 Å². The molecular formula is C12H17FO3. The number of ether oxygens (including phenoxy) is 2. The van der Waals surface area contributed by atoms with Gasteiger partial charge in [0.1, 0.15) is 5.60 Å². The van der Waals surface area contributed by atoms with E-state index >= 15 is 0 Å². The first-order valence-electron chi connectivity index (χ1n) is 5.13. The first-order chi connectivity index (χ1) is 7.59. The van der Waals surface area contributed by atoms with Crippen molar-refractivity contribution in [2.75, 3.05) is 20.8 Å². The summed E-state index contributed by atoms with van der Waals surface area (Å²) >= 11 is 0. The van der Waals surface area contributed by atoms with Gasteiger partial charge in [-0.05, 0) is 12.5 Å². The smallest absolute Gasteiger partial charge is 0.171 e. The highest BCUT2D eigenvalue weighted by atomic mass is 19.1. The van der Waals surface area contributed by atoms with Gasteiger partial charge < -0.3 is 14.6 Å². The number of aliphatic hydroxyl groups is 1. The molecule has 1 rings (SSSR count). The highest BCUT2D eigenvalue weighted by Crippen LogP contribution is 2.31. The van der Waals surface area contributed by atoms with E-state index in [0.717, 1.165) is 0 Å². The Labute approximate surface area is 94.8 Å². The number of hydrogen-bond acceptors (Lipinski definition) is 3. The standard InChI is InChI=1S/C12H17FO3/c1-4-12(14,8-15-2)9-6-5-7-10(16-3)11(9)13/h5-7,14H,4,8H2,1-3H3. The summed E-state index contributed by atoms with van der Waals surface area (Å²) in [5.74, 6) is -0.410. The van der Waals surface area contributed by atoms with Gasteiger partial charge in [-0.3, -0.25) is 0 Å². The third-order valence-corrected chi connectivity index (χ3v) is 2.65. The maximum atomic E-state index is 13.9. The molecule has 0 saturated heterocycles. The van der Waals surface area contributed by atoms with Crippen molar-refractivity contribution in [2.45, 2.75) is 18.9 Å². The molecule has 0 heterocycles. The molecule has 0 saturated carbocycles. The van der Waals surface area contributed by atoms with Crippen molar-refractivity contribution >= 4 is 0 Å². The van der Waals surface area contributed by atoms with Crippen molar-refractivity contribution in [1.82, 2.24) is 0 Å². The fraction of sp³-hybridized carbons (Fsp3) is 0.500. The summed E-state index contributed by atoms with van der Waals surface area (Å²) < 4.78 is 23.7. The first-order valence-corrected chi connectivity index (χ1v) is 5.13. The van der Waals surface area contributed by atoms with Crippen molar-refractivity contribution in [3.05, 3.63) is 29.6 Å². The van der Waals surface area contributed by atoms with E-state index in [9.17, 15) is 9.50 Å². The van der Waals surface area contributed by atoms with E-state index < -0.39 is 11.4 Å². The van der Waals surface area contributed by atoms with Crippen molar-refractivity contribution in [3.63, 3.8) is 0 Å². The highest BCUT2D eigenvalue weighted by Gasteiger charge is 2.31. The molecule has 0 bridgehead atoms. The summed E-state index contributed by atoms with van der Waals surface area (Å²) in [6, 6.07) is 4.70. The average Bonchev–Trinajstić information content (AvgIpc) is 2.29. The molecule has 0 aromatic heterocycles. The third-order valence-electron chi connectivity index (χ3n) is 2.65. The monoisotopic (exact) mass is 228 g/mol. The van der Waals surface area contributed by atoms with E-state index in [1.54, 1.807) is 19.1 Å². The van der Waals surface area contributed by atoms with Gasteiger partial charge in [0.15, 0.2) is 11.6 Å². The third kappa shape index (κ3) is 2.33. The molecule has 0 aliphatic rings. The van der Waals surface area contributed by atoms with Crippen molar-refractivity contribution in [3.8, 4) is 5.75 Å². The van der Waals surface area contributed by atoms with E-state index in [1.165, 1.54) is 20.3 Å². The maximum absolute atomic E-state index is 13.9. The van der Waals surface area contributed by atoms with Gasteiger partial charge in [0.2, 0.25) is 0 Å². The Morgan fingerprint density at radius 3 is 2.56 bits per heavy atom. The summed E-state index contributed by atoms with van der Waals surface area (Å²) in [7, 11) is 2.86. The maximum Gasteiger partial charge on any atom is 0.171 e. The van der Waals surface area contributed by atoms with E-state index in [0.29, 0.717) is 6.42 Å². The minimum atomic E-state index is -1.31. The summed E-state index contributed by atoms with van der Waals surface area (Å²) in [6.07, 6.45) is 0.366. The van der Waals surface area contributed by atoms with Crippen LogP contribution in [0.2, 0.25) is 0 Å². The molecule has 0 aliphatic heterocycles. The quantitative estimate of drug-likeness (QED) is 0.838. The zero-order valence-electron chi connectivity index (χ0n) is 9.79. The Bertz CT molecular complexity index is 354. The molecule has 0 aliphatic carbocycles. The van der Waals surface area contributed by atoms with Gasteiger partial charge in [-0.1, -0.05) is 19.1 Å². The Kier molecular flexibility index (Phi) is 4.26. The molecule has 0 fully saturated rings. The molecule has 1 atom stereocenters. The molecule has 90 valence electrons. The van der Waals surface area contributed by atoms with Crippen LogP contribution in [0.5, 0.6) is 5.75 Å². The van der Waals surface area contributed by atoms with Crippen LogP contribution in [-0.2, 0) is 10.3 Å². The summed E-state index contributed by atoms with van der Waals surface area (Å²) in [5, 5.41) is 10.3. The lowest BCUT2D eigenvalue weighted by Crippen LogP contribution is -2.31. The molecule has 3 nitrogen and oxygen atoms in total. The first kappa shape index (κ1) is 12.9. The lowest BCUT2D eigenvalue weighted by atomic mass is 9.91. The molecular weight excluding hydrogens is 211 g/mol. The van der Waals surface area contributed by atoms with Gasteiger partial charge >= 0.3 is 0 Å². The van der Waals surface area contributed by atoms with Crippen LogP contribution < -0.4 is 4.74 Å². The van der Waals surface area contributed by atoms with E-state index in [2.05, 4.69) is 0 Å². The Hall–Kier alpha value is -1.13. The fourth-order valence-electron chi connectivity index (χ4n) is 1.64. The number of halogens is 1. The Balaban J connectivity index is 3.19. The Morgan fingerprint density at radius 1 is 1.38 bits per heavy atom. The normalized spacial score (nSPS) is 14.6. The van der Waals surface area contributed by atoms with E-state index in [-0.39, 0.29) is 17.9 Å². The second kappa shape index (κ2) is 5.27. The molecule has 16 heavy (non-hydrogen) atoms. The zero-order valence-corrected chi connectivity index (χ0v) is 9.79. The van der Waals surface area contributed by atoms with E-state index in [4.69, 9.17) is 9.47 Å². The molecule has 1 aromatic rings. The molecule has 4 heteroatoms. The number of methoxy groups -OCH3 is 2. The fourth-order valence-corrected chi connectivity index (χ4v) is 1.64. The second-order valence-corrected chi connectivity index (χ2v) is 3.64. The Morgan fingerprint density at radius 2 is 2.06 bits per heavy atom. The number of benzene rings is 1. The minimum absolute atomic E-state index is 0.0492. The lowest BCUT2D eigenvalue weighted by molar-refractivity contribution is -0.0412. The van der Waals surface area contributed by atoms with Crippen LogP contribution in [0.25, 0.3) is 0 Å². The predicted molar refractivity (Wildman–Crippen MR) is 59.0 cm³/mol. The molecule has 0 spiro atoms. The zero-order chi connectivity index (χ0) is 12.2. The topological polar surface area (TPSA) is 38.7 Å². The van der Waals surface area contributed by atoms with Crippen LogP contribution in [0, 0.1) is 5.82 Å². The van der Waals surface area contributed by atoms with Crippen LogP contribution in [0.4, 0.5) is 4.39 Å². The van der Waals surface area contributed by atoms with E-state index in [1.807, 2.05) is 0 Å². The molecule has 1 N–H and O–H groups in total.